The van der Waals surface area contributed by atoms with Crippen LogP contribution in [-0.2, 0) is 4.84 Å². The van der Waals surface area contributed by atoms with Crippen molar-refractivity contribution in [1.82, 2.24) is 5.06 Å². The Morgan fingerprint density at radius 1 is 1.70 bits per heavy atom. The van der Waals surface area contributed by atoms with Gasteiger partial charge >= 0.3 is 0 Å². The van der Waals surface area contributed by atoms with Crippen LogP contribution < -0.4 is 0 Å². The van der Waals surface area contributed by atoms with E-state index in [1.807, 2.05) is 19.3 Å². The van der Waals surface area contributed by atoms with Crippen molar-refractivity contribution in [3.8, 4) is 0 Å². The third-order valence-corrected chi connectivity index (χ3v) is 1.34. The summed E-state index contributed by atoms with van der Waals surface area (Å²) >= 11 is 0. The monoisotopic (exact) mass is 139 g/mol. The van der Waals surface area contributed by atoms with Crippen LogP contribution in [0.15, 0.2) is 24.4 Å². The molecular weight excluding hydrogens is 126 g/mol. The molecule has 0 saturated carbocycles. The van der Waals surface area contributed by atoms with E-state index in [1.54, 1.807) is 5.06 Å². The van der Waals surface area contributed by atoms with E-state index in [0.29, 0.717) is 0 Å². The van der Waals surface area contributed by atoms with Crippen LogP contribution in [0, 0.1) is 0 Å². The second kappa shape index (κ2) is 3.42. The molecule has 0 aliphatic carbocycles. The maximum Gasteiger partial charge on any atom is 0.124 e. The predicted octanol–water partition coefficient (Wildman–Crippen LogP) is 1.71. The standard InChI is InChI=1S/C8H13NO/c1-3-4-5-8-6-7-9(2)10-8/h4-8H,3H2,1-2H3/b5-4+. The van der Waals surface area contributed by atoms with Gasteiger partial charge in [-0.1, -0.05) is 19.1 Å². The third-order valence-electron chi connectivity index (χ3n) is 1.34. The van der Waals surface area contributed by atoms with Gasteiger partial charge in [-0.15, -0.1) is 0 Å². The highest BCUT2D eigenvalue weighted by atomic mass is 16.7. The lowest BCUT2D eigenvalue weighted by atomic mass is 10.3. The molecule has 0 aromatic carbocycles. The van der Waals surface area contributed by atoms with Crippen LogP contribution in [0.2, 0.25) is 0 Å². The van der Waals surface area contributed by atoms with Crippen molar-refractivity contribution >= 4 is 0 Å². The van der Waals surface area contributed by atoms with Crippen LogP contribution >= 0.6 is 0 Å². The highest BCUT2D eigenvalue weighted by Gasteiger charge is 2.08. The summed E-state index contributed by atoms with van der Waals surface area (Å²) in [4.78, 5) is 5.30. The van der Waals surface area contributed by atoms with E-state index < -0.39 is 0 Å². The Labute approximate surface area is 61.7 Å². The molecule has 0 spiro atoms. The molecule has 1 atom stereocenters. The topological polar surface area (TPSA) is 12.5 Å². The zero-order valence-corrected chi connectivity index (χ0v) is 6.45. The zero-order valence-electron chi connectivity index (χ0n) is 6.45. The van der Waals surface area contributed by atoms with E-state index in [1.165, 1.54) is 0 Å². The Morgan fingerprint density at radius 3 is 3.00 bits per heavy atom. The van der Waals surface area contributed by atoms with Crippen LogP contribution in [0.5, 0.6) is 0 Å². The summed E-state index contributed by atoms with van der Waals surface area (Å²) in [5.74, 6) is 0. The number of nitrogens with zero attached hydrogens (tertiary/aromatic N) is 1. The second-order valence-electron chi connectivity index (χ2n) is 2.29. The van der Waals surface area contributed by atoms with Crippen LogP contribution in [0.1, 0.15) is 13.3 Å². The number of hydrogen-bond donors (Lipinski definition) is 0. The lowest BCUT2D eigenvalue weighted by Crippen LogP contribution is -2.10. The van der Waals surface area contributed by atoms with Gasteiger partial charge in [-0.05, 0) is 12.5 Å². The van der Waals surface area contributed by atoms with Gasteiger partial charge in [0.1, 0.15) is 6.10 Å². The molecule has 1 heterocycles. The fraction of sp³-hybridized carbons (Fsp3) is 0.500. The summed E-state index contributed by atoms with van der Waals surface area (Å²) in [6.07, 6.45) is 9.33. The summed E-state index contributed by atoms with van der Waals surface area (Å²) in [6.45, 7) is 2.11. The maximum atomic E-state index is 5.30. The molecule has 0 saturated heterocycles. The van der Waals surface area contributed by atoms with Crippen LogP contribution in [-0.4, -0.2) is 18.2 Å². The largest absolute Gasteiger partial charge is 0.264 e. The predicted molar refractivity (Wildman–Crippen MR) is 41.2 cm³/mol. The molecule has 1 rings (SSSR count). The van der Waals surface area contributed by atoms with E-state index in [9.17, 15) is 0 Å². The molecule has 0 radical (unpaired) electrons. The van der Waals surface area contributed by atoms with Gasteiger partial charge in [-0.2, -0.15) is 0 Å². The molecule has 1 aliphatic heterocycles. The molecule has 2 nitrogen and oxygen atoms in total. The average molecular weight is 139 g/mol. The van der Waals surface area contributed by atoms with E-state index in [0.717, 1.165) is 6.42 Å². The summed E-state index contributed by atoms with van der Waals surface area (Å²) in [7, 11) is 1.89. The molecule has 56 valence electrons. The van der Waals surface area contributed by atoms with E-state index >= 15 is 0 Å². The first kappa shape index (κ1) is 7.35. The Kier molecular flexibility index (Phi) is 2.51. The lowest BCUT2D eigenvalue weighted by Gasteiger charge is -2.08. The Bertz CT molecular complexity index is 151. The average Bonchev–Trinajstić information content (AvgIpc) is 2.31. The normalized spacial score (nSPS) is 25.0. The van der Waals surface area contributed by atoms with Gasteiger partial charge in [0.15, 0.2) is 0 Å². The van der Waals surface area contributed by atoms with E-state index in [-0.39, 0.29) is 6.10 Å². The highest BCUT2D eigenvalue weighted by molar-refractivity contribution is 5.04. The van der Waals surface area contributed by atoms with Crippen molar-refractivity contribution in [2.45, 2.75) is 19.4 Å². The summed E-state index contributed by atoms with van der Waals surface area (Å²) in [5, 5.41) is 1.71. The molecule has 2 heteroatoms. The molecule has 10 heavy (non-hydrogen) atoms. The number of hydrogen-bond acceptors (Lipinski definition) is 2. The van der Waals surface area contributed by atoms with Gasteiger partial charge in [0.25, 0.3) is 0 Å². The molecule has 0 aromatic heterocycles. The summed E-state index contributed by atoms with van der Waals surface area (Å²) < 4.78 is 0. The number of rotatable bonds is 2. The SMILES string of the molecule is CC/C=C/C1C=CN(C)O1. The second-order valence-corrected chi connectivity index (χ2v) is 2.29. The maximum absolute atomic E-state index is 5.30. The Hall–Kier alpha value is -0.760. The van der Waals surface area contributed by atoms with Crippen molar-refractivity contribution in [3.63, 3.8) is 0 Å². The van der Waals surface area contributed by atoms with Gasteiger partial charge < -0.3 is 0 Å². The molecule has 0 bridgehead atoms. The van der Waals surface area contributed by atoms with Gasteiger partial charge in [-0.25, -0.2) is 0 Å². The zero-order chi connectivity index (χ0) is 7.40. The van der Waals surface area contributed by atoms with Crippen molar-refractivity contribution in [1.29, 1.82) is 0 Å². The fourth-order valence-corrected chi connectivity index (χ4v) is 0.838. The van der Waals surface area contributed by atoms with Crippen LogP contribution in [0.4, 0.5) is 0 Å². The minimum atomic E-state index is 0.157. The van der Waals surface area contributed by atoms with Gasteiger partial charge in [0, 0.05) is 13.2 Å². The molecule has 0 amide bonds. The minimum absolute atomic E-state index is 0.157. The smallest absolute Gasteiger partial charge is 0.124 e. The number of hydroxylamine groups is 2. The third kappa shape index (κ3) is 1.88. The van der Waals surface area contributed by atoms with E-state index in [2.05, 4.69) is 19.1 Å². The number of allylic oxidation sites excluding steroid dienone is 1. The lowest BCUT2D eigenvalue weighted by molar-refractivity contribution is -0.0941. The first-order valence-corrected chi connectivity index (χ1v) is 3.57. The Balaban J connectivity index is 2.32. The minimum Gasteiger partial charge on any atom is -0.264 e. The van der Waals surface area contributed by atoms with Gasteiger partial charge in [0.05, 0.1) is 0 Å². The molecule has 0 fully saturated rings. The quantitative estimate of drug-likeness (QED) is 0.540. The van der Waals surface area contributed by atoms with Crippen molar-refractivity contribution < 1.29 is 4.84 Å². The van der Waals surface area contributed by atoms with Crippen LogP contribution in [0.25, 0.3) is 0 Å². The molecule has 1 unspecified atom stereocenters. The fourth-order valence-electron chi connectivity index (χ4n) is 0.838. The van der Waals surface area contributed by atoms with Crippen molar-refractivity contribution in [3.05, 3.63) is 24.4 Å². The molecule has 1 aliphatic rings. The molecular formula is C8H13NO. The van der Waals surface area contributed by atoms with E-state index in [4.69, 9.17) is 4.84 Å². The molecule has 0 N–H and O–H groups in total. The molecule has 0 aromatic rings. The Morgan fingerprint density at radius 2 is 2.50 bits per heavy atom. The van der Waals surface area contributed by atoms with Crippen LogP contribution in [0.3, 0.4) is 0 Å². The first-order valence-electron chi connectivity index (χ1n) is 3.57. The first-order chi connectivity index (χ1) is 4.83. The highest BCUT2D eigenvalue weighted by Crippen LogP contribution is 2.08. The summed E-state index contributed by atoms with van der Waals surface area (Å²) in [6, 6.07) is 0. The van der Waals surface area contributed by atoms with Gasteiger partial charge in [0.2, 0.25) is 0 Å². The van der Waals surface area contributed by atoms with Crippen molar-refractivity contribution in [2.24, 2.45) is 0 Å². The summed E-state index contributed by atoms with van der Waals surface area (Å²) in [5.41, 5.74) is 0. The van der Waals surface area contributed by atoms with Crippen molar-refractivity contribution in [2.75, 3.05) is 7.05 Å². The van der Waals surface area contributed by atoms with Gasteiger partial charge in [-0.3, -0.25) is 9.90 Å².